The average Bonchev–Trinajstić information content (AvgIpc) is 2.45. The fourth-order valence-corrected chi connectivity index (χ4v) is 1.39. The number of amides is 2. The van der Waals surface area contributed by atoms with Crippen molar-refractivity contribution in [3.63, 3.8) is 0 Å². The topological polar surface area (TPSA) is 140 Å². The quantitative estimate of drug-likeness (QED) is 0.167. The zero-order chi connectivity index (χ0) is 15.0. The molecule has 2 amide bonds. The van der Waals surface area contributed by atoms with Crippen LogP contribution in [0.15, 0.2) is 29.4 Å². The highest BCUT2D eigenvalue weighted by molar-refractivity contribution is 6.01. The molecule has 0 fully saturated rings. The van der Waals surface area contributed by atoms with E-state index in [4.69, 9.17) is 21.4 Å². The first-order chi connectivity index (χ1) is 9.54. The number of oxime groups is 1. The van der Waals surface area contributed by atoms with Crippen LogP contribution in [-0.4, -0.2) is 42.6 Å². The Morgan fingerprint density at radius 1 is 1.30 bits per heavy atom. The summed E-state index contributed by atoms with van der Waals surface area (Å²) < 4.78 is 4.90. The Bertz CT molecular complexity index is 516. The maximum atomic E-state index is 11.8. The van der Waals surface area contributed by atoms with Crippen molar-refractivity contribution in [1.82, 2.24) is 5.32 Å². The van der Waals surface area contributed by atoms with Gasteiger partial charge < -0.3 is 26.7 Å². The van der Waals surface area contributed by atoms with Gasteiger partial charge in [0.2, 0.25) is 5.91 Å². The Hall–Kier alpha value is -2.61. The van der Waals surface area contributed by atoms with Gasteiger partial charge in [-0.3, -0.25) is 9.59 Å². The van der Waals surface area contributed by atoms with Crippen LogP contribution in [-0.2, 0) is 9.53 Å². The molecule has 0 atom stereocenters. The van der Waals surface area contributed by atoms with Crippen molar-refractivity contribution in [3.8, 4) is 0 Å². The minimum absolute atomic E-state index is 0.0792. The summed E-state index contributed by atoms with van der Waals surface area (Å²) in [6.07, 6.45) is 0. The van der Waals surface area contributed by atoms with Gasteiger partial charge in [-0.1, -0.05) is 17.3 Å². The van der Waals surface area contributed by atoms with Gasteiger partial charge in [0.25, 0.3) is 5.91 Å². The molecule has 0 aliphatic heterocycles. The molecule has 0 saturated heterocycles. The van der Waals surface area contributed by atoms with Gasteiger partial charge in [-0.2, -0.15) is 0 Å². The van der Waals surface area contributed by atoms with Crippen LogP contribution in [0.2, 0.25) is 0 Å². The number of carbonyl (C=O) groups excluding carboxylic acids is 2. The van der Waals surface area contributed by atoms with E-state index >= 15 is 0 Å². The lowest BCUT2D eigenvalue weighted by Gasteiger charge is -2.06. The number of hydrogen-bond acceptors (Lipinski definition) is 5. The number of ether oxygens (including phenoxy) is 1. The van der Waals surface area contributed by atoms with Gasteiger partial charge in [0.1, 0.15) is 6.61 Å². The number of rotatable bonds is 7. The molecule has 1 aromatic carbocycles. The standard InChI is InChI=1S/C12H16N4O4/c13-10(17)7-20-5-4-15-12(18)9-3-1-2-8(6-9)11(14)16-19/h1-3,6,19H,4-5,7H2,(H2,13,17)(H2,14,16)(H,15,18). The number of primary amides is 1. The van der Waals surface area contributed by atoms with Crippen LogP contribution in [0.5, 0.6) is 0 Å². The van der Waals surface area contributed by atoms with Crippen LogP contribution in [0.3, 0.4) is 0 Å². The first-order valence-corrected chi connectivity index (χ1v) is 5.77. The second kappa shape index (κ2) is 7.74. The van der Waals surface area contributed by atoms with E-state index in [0.29, 0.717) is 11.1 Å². The molecule has 8 nitrogen and oxygen atoms in total. The van der Waals surface area contributed by atoms with Crippen LogP contribution in [0.25, 0.3) is 0 Å². The molecule has 6 N–H and O–H groups in total. The number of carbonyl (C=O) groups is 2. The molecular formula is C12H16N4O4. The van der Waals surface area contributed by atoms with Gasteiger partial charge >= 0.3 is 0 Å². The van der Waals surface area contributed by atoms with Gasteiger partial charge in [-0.05, 0) is 12.1 Å². The Balaban J connectivity index is 2.49. The average molecular weight is 280 g/mol. The van der Waals surface area contributed by atoms with Gasteiger partial charge in [0.05, 0.1) is 6.61 Å². The molecule has 8 heteroatoms. The molecule has 0 aromatic heterocycles. The maximum Gasteiger partial charge on any atom is 0.251 e. The van der Waals surface area contributed by atoms with E-state index in [1.54, 1.807) is 18.2 Å². The summed E-state index contributed by atoms with van der Waals surface area (Å²) in [5.74, 6) is -0.979. The van der Waals surface area contributed by atoms with Crippen LogP contribution in [0, 0.1) is 0 Å². The third-order valence-electron chi connectivity index (χ3n) is 2.30. The predicted molar refractivity (Wildman–Crippen MR) is 71.3 cm³/mol. The number of hydrogen-bond donors (Lipinski definition) is 4. The summed E-state index contributed by atoms with van der Waals surface area (Å²) in [4.78, 5) is 22.2. The molecule has 0 spiro atoms. The van der Waals surface area contributed by atoms with Crippen molar-refractivity contribution in [2.45, 2.75) is 0 Å². The molecule has 1 rings (SSSR count). The van der Waals surface area contributed by atoms with Crippen LogP contribution in [0.4, 0.5) is 0 Å². The molecule has 108 valence electrons. The number of nitrogens with two attached hydrogens (primary N) is 2. The molecule has 0 aliphatic rings. The van der Waals surface area contributed by atoms with Crippen molar-refractivity contribution in [3.05, 3.63) is 35.4 Å². The minimum atomic E-state index is -0.567. The van der Waals surface area contributed by atoms with E-state index in [2.05, 4.69) is 10.5 Å². The van der Waals surface area contributed by atoms with Crippen molar-refractivity contribution in [1.29, 1.82) is 0 Å². The van der Waals surface area contributed by atoms with Gasteiger partial charge in [0.15, 0.2) is 5.84 Å². The Morgan fingerprint density at radius 2 is 2.00 bits per heavy atom. The summed E-state index contributed by atoms with van der Waals surface area (Å²) in [6.45, 7) is 0.226. The van der Waals surface area contributed by atoms with Crippen molar-refractivity contribution < 1.29 is 19.5 Å². The SMILES string of the molecule is NC(=O)COCCNC(=O)c1cccc(/C(N)=N/O)c1. The zero-order valence-electron chi connectivity index (χ0n) is 10.7. The van der Waals surface area contributed by atoms with E-state index in [1.165, 1.54) is 6.07 Å². The number of benzene rings is 1. The highest BCUT2D eigenvalue weighted by Crippen LogP contribution is 2.05. The van der Waals surface area contributed by atoms with Gasteiger partial charge in [-0.25, -0.2) is 0 Å². The van der Waals surface area contributed by atoms with Gasteiger partial charge in [-0.15, -0.1) is 0 Å². The molecule has 1 aromatic rings. The van der Waals surface area contributed by atoms with Crippen molar-refractivity contribution in [2.24, 2.45) is 16.6 Å². The second-order valence-corrected chi connectivity index (χ2v) is 3.84. The van der Waals surface area contributed by atoms with Crippen molar-refractivity contribution >= 4 is 17.6 Å². The molecule has 20 heavy (non-hydrogen) atoms. The van der Waals surface area contributed by atoms with Crippen molar-refractivity contribution in [2.75, 3.05) is 19.8 Å². The second-order valence-electron chi connectivity index (χ2n) is 3.84. The predicted octanol–water partition coefficient (Wildman–Crippen LogP) is -0.987. The molecular weight excluding hydrogens is 264 g/mol. The largest absolute Gasteiger partial charge is 0.409 e. The molecule has 0 radical (unpaired) electrons. The normalized spacial score (nSPS) is 11.1. The summed E-state index contributed by atoms with van der Waals surface area (Å²) in [6, 6.07) is 6.32. The lowest BCUT2D eigenvalue weighted by atomic mass is 10.1. The van der Waals surface area contributed by atoms with E-state index in [0.717, 1.165) is 0 Å². The first kappa shape index (κ1) is 15.4. The third kappa shape index (κ3) is 4.94. The minimum Gasteiger partial charge on any atom is -0.409 e. The Kier molecular flexibility index (Phi) is 5.98. The Morgan fingerprint density at radius 3 is 2.65 bits per heavy atom. The van der Waals surface area contributed by atoms with E-state index in [-0.39, 0.29) is 31.5 Å². The smallest absolute Gasteiger partial charge is 0.251 e. The molecule has 0 bridgehead atoms. The monoisotopic (exact) mass is 280 g/mol. The van der Waals surface area contributed by atoms with Gasteiger partial charge in [0, 0.05) is 17.7 Å². The number of nitrogens with zero attached hydrogens (tertiary/aromatic N) is 1. The molecule has 0 unspecified atom stereocenters. The lowest BCUT2D eigenvalue weighted by molar-refractivity contribution is -0.122. The third-order valence-corrected chi connectivity index (χ3v) is 2.30. The summed E-state index contributed by atoms with van der Waals surface area (Å²) >= 11 is 0. The first-order valence-electron chi connectivity index (χ1n) is 5.77. The maximum absolute atomic E-state index is 11.8. The number of nitrogens with one attached hydrogen (secondary N) is 1. The van der Waals surface area contributed by atoms with Crippen LogP contribution < -0.4 is 16.8 Å². The fourth-order valence-electron chi connectivity index (χ4n) is 1.39. The van der Waals surface area contributed by atoms with Crippen LogP contribution >= 0.6 is 0 Å². The highest BCUT2D eigenvalue weighted by atomic mass is 16.5. The summed E-state index contributed by atoms with van der Waals surface area (Å²) in [7, 11) is 0. The van der Waals surface area contributed by atoms with E-state index in [1.807, 2.05) is 0 Å². The number of amidine groups is 1. The molecule has 0 saturated carbocycles. The highest BCUT2D eigenvalue weighted by Gasteiger charge is 2.07. The van der Waals surface area contributed by atoms with E-state index in [9.17, 15) is 9.59 Å². The fraction of sp³-hybridized carbons (Fsp3) is 0.250. The zero-order valence-corrected chi connectivity index (χ0v) is 10.7. The van der Waals surface area contributed by atoms with E-state index < -0.39 is 5.91 Å². The van der Waals surface area contributed by atoms with Crippen LogP contribution in [0.1, 0.15) is 15.9 Å². The lowest BCUT2D eigenvalue weighted by Crippen LogP contribution is -2.29. The molecule has 0 heterocycles. The summed E-state index contributed by atoms with van der Waals surface area (Å²) in [5, 5.41) is 14.0. The summed E-state index contributed by atoms with van der Waals surface area (Å²) in [5.41, 5.74) is 11.1. The Labute approximate surface area is 115 Å². The molecule has 0 aliphatic carbocycles.